The standard InChI is InChI=1S/C7H7FO2S2/c1-11-5-2-3-7(12(9)10)6(8)4-5/h2-4H,1H3,(H,9,10). The molecule has 12 heavy (non-hydrogen) atoms. The molecular formula is C7H7FO2S2. The third-order valence-electron chi connectivity index (χ3n) is 1.33. The Labute approximate surface area is 76.5 Å². The minimum Gasteiger partial charge on any atom is -0.302 e. The minimum absolute atomic E-state index is 0.173. The summed E-state index contributed by atoms with van der Waals surface area (Å²) in [5, 5.41) is 0. The molecule has 0 saturated heterocycles. The Hall–Kier alpha value is -0.390. The third-order valence-corrected chi connectivity index (χ3v) is 2.76. The van der Waals surface area contributed by atoms with Crippen molar-refractivity contribution in [2.45, 2.75) is 9.79 Å². The molecule has 1 aromatic rings. The van der Waals surface area contributed by atoms with Gasteiger partial charge in [0.2, 0.25) is 0 Å². The SMILES string of the molecule is CSc1ccc(S(=O)O)c(F)c1. The maximum Gasteiger partial charge on any atom is 0.189 e. The van der Waals surface area contributed by atoms with Gasteiger partial charge >= 0.3 is 0 Å². The molecule has 5 heteroatoms. The largest absolute Gasteiger partial charge is 0.302 e. The van der Waals surface area contributed by atoms with E-state index in [1.807, 2.05) is 6.26 Å². The average Bonchev–Trinajstić information content (AvgIpc) is 2.03. The highest BCUT2D eigenvalue weighted by atomic mass is 32.2. The van der Waals surface area contributed by atoms with Crippen LogP contribution in [-0.4, -0.2) is 15.0 Å². The van der Waals surface area contributed by atoms with Crippen LogP contribution in [-0.2, 0) is 11.1 Å². The van der Waals surface area contributed by atoms with E-state index in [0.717, 1.165) is 4.90 Å². The minimum atomic E-state index is -2.24. The van der Waals surface area contributed by atoms with Crippen LogP contribution >= 0.6 is 11.8 Å². The first-order valence-electron chi connectivity index (χ1n) is 3.09. The molecule has 1 aromatic carbocycles. The molecule has 0 aliphatic rings. The summed E-state index contributed by atoms with van der Waals surface area (Å²) in [6.07, 6.45) is 1.81. The number of halogens is 1. The smallest absolute Gasteiger partial charge is 0.189 e. The van der Waals surface area contributed by atoms with E-state index in [0.29, 0.717) is 0 Å². The molecule has 1 atom stereocenters. The lowest BCUT2D eigenvalue weighted by Crippen LogP contribution is -1.92. The lowest BCUT2D eigenvalue weighted by Gasteiger charge is -1.99. The fourth-order valence-electron chi connectivity index (χ4n) is 0.750. The Kier molecular flexibility index (Phi) is 3.25. The fraction of sp³-hybridized carbons (Fsp3) is 0.143. The lowest BCUT2D eigenvalue weighted by molar-refractivity contribution is 0.543. The first-order chi connectivity index (χ1) is 5.65. The second-order valence-corrected chi connectivity index (χ2v) is 3.86. The first-order valence-corrected chi connectivity index (χ1v) is 5.42. The molecule has 1 rings (SSSR count). The molecule has 0 saturated carbocycles. The van der Waals surface area contributed by atoms with Gasteiger partial charge in [0.25, 0.3) is 0 Å². The van der Waals surface area contributed by atoms with Crippen LogP contribution in [0.25, 0.3) is 0 Å². The van der Waals surface area contributed by atoms with Crippen LogP contribution in [0.15, 0.2) is 28.0 Å². The molecule has 1 unspecified atom stereocenters. The summed E-state index contributed by atoms with van der Waals surface area (Å²) in [5.74, 6) is -0.636. The summed E-state index contributed by atoms with van der Waals surface area (Å²) < 4.78 is 32.0. The number of hydrogen-bond acceptors (Lipinski definition) is 2. The molecule has 0 fully saturated rings. The van der Waals surface area contributed by atoms with E-state index in [4.69, 9.17) is 4.55 Å². The first kappa shape index (κ1) is 9.70. The molecule has 0 spiro atoms. The van der Waals surface area contributed by atoms with Crippen molar-refractivity contribution in [2.75, 3.05) is 6.26 Å². The van der Waals surface area contributed by atoms with Crippen LogP contribution < -0.4 is 0 Å². The average molecular weight is 206 g/mol. The van der Waals surface area contributed by atoms with Crippen molar-refractivity contribution in [1.82, 2.24) is 0 Å². The third kappa shape index (κ3) is 2.06. The monoisotopic (exact) mass is 206 g/mol. The Balaban J connectivity index is 3.12. The van der Waals surface area contributed by atoms with Gasteiger partial charge < -0.3 is 4.55 Å². The van der Waals surface area contributed by atoms with Gasteiger partial charge in [0.05, 0.1) is 0 Å². The number of rotatable bonds is 2. The van der Waals surface area contributed by atoms with Crippen molar-refractivity contribution < 1.29 is 13.2 Å². The van der Waals surface area contributed by atoms with Gasteiger partial charge in [-0.2, -0.15) is 0 Å². The molecule has 0 radical (unpaired) electrons. The van der Waals surface area contributed by atoms with E-state index < -0.39 is 16.9 Å². The van der Waals surface area contributed by atoms with Crippen molar-refractivity contribution >= 4 is 22.8 Å². The van der Waals surface area contributed by atoms with Crippen molar-refractivity contribution in [3.8, 4) is 0 Å². The molecule has 1 N–H and O–H groups in total. The zero-order valence-electron chi connectivity index (χ0n) is 6.28. The van der Waals surface area contributed by atoms with Crippen LogP contribution in [0.4, 0.5) is 4.39 Å². The Bertz CT molecular complexity index is 314. The highest BCUT2D eigenvalue weighted by Crippen LogP contribution is 2.19. The Morgan fingerprint density at radius 3 is 2.67 bits per heavy atom. The van der Waals surface area contributed by atoms with Gasteiger partial charge in [0.1, 0.15) is 10.7 Å². The normalized spacial score (nSPS) is 12.9. The van der Waals surface area contributed by atoms with E-state index in [9.17, 15) is 8.60 Å². The summed E-state index contributed by atoms with van der Waals surface area (Å²) in [6, 6.07) is 4.17. The van der Waals surface area contributed by atoms with Crippen LogP contribution in [0.2, 0.25) is 0 Å². The fourth-order valence-corrected chi connectivity index (χ4v) is 1.59. The number of benzene rings is 1. The predicted molar refractivity (Wildman–Crippen MR) is 47.2 cm³/mol. The van der Waals surface area contributed by atoms with Gasteiger partial charge in [0.15, 0.2) is 11.1 Å². The molecule has 0 amide bonds. The lowest BCUT2D eigenvalue weighted by atomic mass is 10.3. The molecule has 0 aliphatic carbocycles. The highest BCUT2D eigenvalue weighted by Gasteiger charge is 2.07. The maximum absolute atomic E-state index is 12.9. The van der Waals surface area contributed by atoms with E-state index in [-0.39, 0.29) is 4.90 Å². The zero-order chi connectivity index (χ0) is 9.14. The molecule has 66 valence electrons. The summed E-state index contributed by atoms with van der Waals surface area (Å²) in [5.41, 5.74) is 0. The summed E-state index contributed by atoms with van der Waals surface area (Å²) in [6.45, 7) is 0. The topological polar surface area (TPSA) is 37.3 Å². The molecule has 0 bridgehead atoms. The van der Waals surface area contributed by atoms with E-state index >= 15 is 0 Å². The summed E-state index contributed by atoms with van der Waals surface area (Å²) in [7, 11) is 0. The van der Waals surface area contributed by atoms with Gasteiger partial charge in [-0.3, -0.25) is 0 Å². The molecule has 0 aliphatic heterocycles. The van der Waals surface area contributed by atoms with Crippen molar-refractivity contribution in [1.29, 1.82) is 0 Å². The molecule has 2 nitrogen and oxygen atoms in total. The van der Waals surface area contributed by atoms with Crippen LogP contribution in [0.5, 0.6) is 0 Å². The van der Waals surface area contributed by atoms with Gasteiger partial charge in [-0.05, 0) is 24.5 Å². The second-order valence-electron chi connectivity index (χ2n) is 2.05. The number of thioether (sulfide) groups is 1. The van der Waals surface area contributed by atoms with E-state index in [1.54, 1.807) is 6.07 Å². The molecule has 0 heterocycles. The summed E-state index contributed by atoms with van der Waals surface area (Å²) >= 11 is -0.852. The molecular weight excluding hydrogens is 199 g/mol. The van der Waals surface area contributed by atoms with Gasteiger partial charge in [-0.25, -0.2) is 8.60 Å². The maximum atomic E-state index is 12.9. The zero-order valence-corrected chi connectivity index (χ0v) is 7.91. The van der Waals surface area contributed by atoms with Crippen LogP contribution in [0, 0.1) is 5.82 Å². The summed E-state index contributed by atoms with van der Waals surface area (Å²) in [4.78, 5) is 0.564. The van der Waals surface area contributed by atoms with Crippen LogP contribution in [0.3, 0.4) is 0 Å². The number of hydrogen-bond donors (Lipinski definition) is 1. The van der Waals surface area contributed by atoms with Crippen LogP contribution in [0.1, 0.15) is 0 Å². The van der Waals surface area contributed by atoms with Crippen molar-refractivity contribution in [3.05, 3.63) is 24.0 Å². The van der Waals surface area contributed by atoms with Gasteiger partial charge in [-0.15, -0.1) is 11.8 Å². The Morgan fingerprint density at radius 2 is 2.25 bits per heavy atom. The quantitative estimate of drug-likeness (QED) is 0.595. The van der Waals surface area contributed by atoms with Gasteiger partial charge in [0, 0.05) is 4.90 Å². The van der Waals surface area contributed by atoms with Crippen molar-refractivity contribution in [2.24, 2.45) is 0 Å². The van der Waals surface area contributed by atoms with E-state index in [2.05, 4.69) is 0 Å². The molecule has 0 aromatic heterocycles. The predicted octanol–water partition coefficient (Wildman–Crippen LogP) is 2.13. The Morgan fingerprint density at radius 1 is 1.58 bits per heavy atom. The van der Waals surface area contributed by atoms with Crippen molar-refractivity contribution in [3.63, 3.8) is 0 Å². The van der Waals surface area contributed by atoms with E-state index in [1.165, 1.54) is 23.9 Å². The second kappa shape index (κ2) is 4.02. The highest BCUT2D eigenvalue weighted by molar-refractivity contribution is 7.98. The van der Waals surface area contributed by atoms with Gasteiger partial charge in [-0.1, -0.05) is 0 Å².